The highest BCUT2D eigenvalue weighted by Gasteiger charge is 2.04. The molecular weight excluding hydrogens is 112 g/mol. The van der Waals surface area contributed by atoms with Crippen LogP contribution in [0.4, 0.5) is 0 Å². The molecular formula is C7H18N2. The predicted molar refractivity (Wildman–Crippen MR) is 40.8 cm³/mol. The lowest BCUT2D eigenvalue weighted by Crippen LogP contribution is -2.25. The summed E-state index contributed by atoms with van der Waals surface area (Å²) in [6.07, 6.45) is 1.17. The molecule has 1 atom stereocenters. The van der Waals surface area contributed by atoms with Crippen LogP contribution in [0, 0.1) is 11.8 Å². The number of nitrogens with one attached hydrogen (secondary N) is 1. The Hall–Kier alpha value is -0.0800. The van der Waals surface area contributed by atoms with Gasteiger partial charge in [0.15, 0.2) is 0 Å². The summed E-state index contributed by atoms with van der Waals surface area (Å²) in [4.78, 5) is 0. The molecule has 3 N–H and O–H groups in total. The second-order valence-electron chi connectivity index (χ2n) is 2.96. The lowest BCUT2D eigenvalue weighted by Gasteiger charge is -2.13. The van der Waals surface area contributed by atoms with Gasteiger partial charge in [-0.2, -0.15) is 0 Å². The van der Waals surface area contributed by atoms with E-state index in [-0.39, 0.29) is 0 Å². The molecule has 0 aromatic rings. The fourth-order valence-electron chi connectivity index (χ4n) is 0.644. The monoisotopic (exact) mass is 130 g/mol. The minimum Gasteiger partial charge on any atom is -0.271 e. The molecule has 2 heteroatoms. The third kappa shape index (κ3) is 4.43. The van der Waals surface area contributed by atoms with Crippen LogP contribution in [0.2, 0.25) is 0 Å². The highest BCUT2D eigenvalue weighted by atomic mass is 15.2. The second kappa shape index (κ2) is 4.77. The summed E-state index contributed by atoms with van der Waals surface area (Å²) in [6, 6.07) is 0. The maximum atomic E-state index is 5.13. The van der Waals surface area contributed by atoms with E-state index in [4.69, 9.17) is 5.84 Å². The highest BCUT2D eigenvalue weighted by molar-refractivity contribution is 4.57. The molecule has 0 aromatic heterocycles. The third-order valence-electron chi connectivity index (χ3n) is 1.88. The molecule has 0 amide bonds. The minimum atomic E-state index is 0.776. The van der Waals surface area contributed by atoms with Crippen LogP contribution in [-0.4, -0.2) is 6.54 Å². The van der Waals surface area contributed by atoms with E-state index in [1.165, 1.54) is 6.42 Å². The van der Waals surface area contributed by atoms with Gasteiger partial charge in [-0.25, -0.2) is 0 Å². The van der Waals surface area contributed by atoms with Gasteiger partial charge in [-0.3, -0.25) is 11.3 Å². The van der Waals surface area contributed by atoms with Crippen molar-refractivity contribution in [3.63, 3.8) is 0 Å². The molecule has 9 heavy (non-hydrogen) atoms. The average Bonchev–Trinajstić information content (AvgIpc) is 1.82. The summed E-state index contributed by atoms with van der Waals surface area (Å²) in [5, 5.41) is 0. The summed E-state index contributed by atoms with van der Waals surface area (Å²) in [7, 11) is 0. The first-order chi connectivity index (χ1) is 4.18. The van der Waals surface area contributed by atoms with Gasteiger partial charge >= 0.3 is 0 Å². The van der Waals surface area contributed by atoms with Crippen LogP contribution in [0.5, 0.6) is 0 Å². The van der Waals surface area contributed by atoms with Gasteiger partial charge in [-0.15, -0.1) is 0 Å². The predicted octanol–water partition coefficient (Wildman–Crippen LogP) is 1.13. The molecule has 0 spiro atoms. The topological polar surface area (TPSA) is 38.0 Å². The SMILES string of the molecule is CC(C)C(C)CCNN. The maximum absolute atomic E-state index is 5.13. The van der Waals surface area contributed by atoms with Gasteiger partial charge in [0.2, 0.25) is 0 Å². The molecule has 0 saturated heterocycles. The minimum absolute atomic E-state index is 0.776. The van der Waals surface area contributed by atoms with Crippen LogP contribution < -0.4 is 11.3 Å². The van der Waals surface area contributed by atoms with Crippen molar-refractivity contribution in [1.82, 2.24) is 5.43 Å². The van der Waals surface area contributed by atoms with Crippen molar-refractivity contribution in [3.8, 4) is 0 Å². The zero-order chi connectivity index (χ0) is 7.28. The number of hydrogen-bond acceptors (Lipinski definition) is 2. The van der Waals surface area contributed by atoms with Gasteiger partial charge in [0.05, 0.1) is 0 Å². The molecule has 0 bridgehead atoms. The molecule has 0 rings (SSSR count). The van der Waals surface area contributed by atoms with Crippen LogP contribution in [0.1, 0.15) is 27.2 Å². The summed E-state index contributed by atoms with van der Waals surface area (Å²) in [5.41, 5.74) is 2.65. The maximum Gasteiger partial charge on any atom is 0.01000 e. The smallest absolute Gasteiger partial charge is 0.01000 e. The van der Waals surface area contributed by atoms with E-state index in [2.05, 4.69) is 26.2 Å². The normalized spacial score (nSPS) is 14.3. The Morgan fingerprint density at radius 1 is 1.33 bits per heavy atom. The Morgan fingerprint density at radius 2 is 1.89 bits per heavy atom. The van der Waals surface area contributed by atoms with E-state index in [1.807, 2.05) is 0 Å². The van der Waals surface area contributed by atoms with E-state index in [1.54, 1.807) is 0 Å². The van der Waals surface area contributed by atoms with E-state index in [0.717, 1.165) is 18.4 Å². The third-order valence-corrected chi connectivity index (χ3v) is 1.88. The molecule has 0 radical (unpaired) electrons. The van der Waals surface area contributed by atoms with Gasteiger partial charge in [0.1, 0.15) is 0 Å². The second-order valence-corrected chi connectivity index (χ2v) is 2.96. The average molecular weight is 130 g/mol. The molecule has 56 valence electrons. The standard InChI is InChI=1S/C7H18N2/c1-6(2)7(3)4-5-9-8/h6-7,9H,4-5,8H2,1-3H3. The van der Waals surface area contributed by atoms with Crippen LogP contribution in [0.3, 0.4) is 0 Å². The molecule has 0 saturated carbocycles. The Bertz CT molecular complexity index is 61.9. The van der Waals surface area contributed by atoms with E-state index >= 15 is 0 Å². The van der Waals surface area contributed by atoms with Crippen LogP contribution >= 0.6 is 0 Å². The number of hydrogen-bond donors (Lipinski definition) is 2. The van der Waals surface area contributed by atoms with Crippen molar-refractivity contribution in [3.05, 3.63) is 0 Å². The first kappa shape index (κ1) is 8.92. The molecule has 2 nitrogen and oxygen atoms in total. The summed E-state index contributed by atoms with van der Waals surface area (Å²) >= 11 is 0. The van der Waals surface area contributed by atoms with Crippen molar-refractivity contribution < 1.29 is 0 Å². The van der Waals surface area contributed by atoms with Gasteiger partial charge in [0.25, 0.3) is 0 Å². The number of hydrazine groups is 1. The molecule has 0 aromatic carbocycles. The van der Waals surface area contributed by atoms with Gasteiger partial charge in [0, 0.05) is 6.54 Å². The Balaban J connectivity index is 3.16. The molecule has 1 unspecified atom stereocenters. The van der Waals surface area contributed by atoms with E-state index < -0.39 is 0 Å². The van der Waals surface area contributed by atoms with E-state index in [9.17, 15) is 0 Å². The fraction of sp³-hybridized carbons (Fsp3) is 1.00. The van der Waals surface area contributed by atoms with Crippen molar-refractivity contribution >= 4 is 0 Å². The Kier molecular flexibility index (Phi) is 4.72. The Labute approximate surface area is 57.8 Å². The summed E-state index contributed by atoms with van der Waals surface area (Å²) in [6.45, 7) is 7.66. The van der Waals surface area contributed by atoms with Crippen LogP contribution in [0.15, 0.2) is 0 Å². The summed E-state index contributed by atoms with van der Waals surface area (Å²) in [5.74, 6) is 6.68. The lowest BCUT2D eigenvalue weighted by atomic mass is 9.95. The van der Waals surface area contributed by atoms with Crippen LogP contribution in [0.25, 0.3) is 0 Å². The van der Waals surface area contributed by atoms with Gasteiger partial charge < -0.3 is 0 Å². The van der Waals surface area contributed by atoms with Gasteiger partial charge in [-0.05, 0) is 18.3 Å². The lowest BCUT2D eigenvalue weighted by molar-refractivity contribution is 0.384. The molecule has 0 heterocycles. The number of nitrogens with two attached hydrogens (primary N) is 1. The largest absolute Gasteiger partial charge is 0.271 e. The number of rotatable bonds is 4. The van der Waals surface area contributed by atoms with Crippen molar-refractivity contribution in [2.24, 2.45) is 17.7 Å². The van der Waals surface area contributed by atoms with Crippen molar-refractivity contribution in [1.29, 1.82) is 0 Å². The van der Waals surface area contributed by atoms with Gasteiger partial charge in [-0.1, -0.05) is 20.8 Å². The first-order valence-electron chi connectivity index (χ1n) is 3.62. The molecule has 0 aliphatic heterocycles. The fourth-order valence-corrected chi connectivity index (χ4v) is 0.644. The van der Waals surface area contributed by atoms with E-state index in [0.29, 0.717) is 0 Å². The Morgan fingerprint density at radius 3 is 2.22 bits per heavy atom. The molecule has 0 fully saturated rings. The van der Waals surface area contributed by atoms with Crippen molar-refractivity contribution in [2.45, 2.75) is 27.2 Å². The first-order valence-corrected chi connectivity index (χ1v) is 3.62. The quantitative estimate of drug-likeness (QED) is 0.442. The molecule has 0 aliphatic rings. The zero-order valence-electron chi connectivity index (χ0n) is 6.65. The summed E-state index contributed by atoms with van der Waals surface area (Å²) < 4.78 is 0. The highest BCUT2D eigenvalue weighted by Crippen LogP contribution is 2.12. The zero-order valence-corrected chi connectivity index (χ0v) is 6.65. The molecule has 0 aliphatic carbocycles. The van der Waals surface area contributed by atoms with Crippen molar-refractivity contribution in [2.75, 3.05) is 6.54 Å². The van der Waals surface area contributed by atoms with Crippen LogP contribution in [-0.2, 0) is 0 Å².